The molecule has 0 aliphatic rings. The number of hydrogen-bond donors (Lipinski definition) is 0. The molecule has 0 radical (unpaired) electrons. The van der Waals surface area contributed by atoms with E-state index in [0.717, 1.165) is 64.2 Å². The van der Waals surface area contributed by atoms with Gasteiger partial charge < -0.3 is 14.2 Å². The highest BCUT2D eigenvalue weighted by Gasteiger charge is 2.19. The Labute approximate surface area is 297 Å². The molecule has 0 aromatic rings. The van der Waals surface area contributed by atoms with Crippen LogP contribution in [-0.4, -0.2) is 37.2 Å². The smallest absolute Gasteiger partial charge is 0.306 e. The first-order valence-corrected chi connectivity index (χ1v) is 20.7. The minimum atomic E-state index is -0.762. The van der Waals surface area contributed by atoms with Crippen LogP contribution in [0.2, 0.25) is 0 Å². The average Bonchev–Trinajstić information content (AvgIpc) is 3.08. The van der Waals surface area contributed by atoms with Crippen molar-refractivity contribution in [3.8, 4) is 0 Å². The van der Waals surface area contributed by atoms with Crippen LogP contribution in [0.1, 0.15) is 220 Å². The van der Waals surface area contributed by atoms with Crippen molar-refractivity contribution >= 4 is 17.9 Å². The van der Waals surface area contributed by atoms with Crippen molar-refractivity contribution in [1.82, 2.24) is 0 Å². The van der Waals surface area contributed by atoms with Gasteiger partial charge in [0.1, 0.15) is 13.2 Å². The van der Waals surface area contributed by atoms with Crippen molar-refractivity contribution in [2.24, 2.45) is 0 Å². The molecule has 0 saturated heterocycles. The molecule has 0 heterocycles. The zero-order chi connectivity index (χ0) is 35.2. The van der Waals surface area contributed by atoms with Crippen LogP contribution in [0, 0.1) is 0 Å². The molecule has 1 atom stereocenters. The van der Waals surface area contributed by atoms with Gasteiger partial charge in [0.15, 0.2) is 6.10 Å². The molecule has 0 aromatic carbocycles. The summed E-state index contributed by atoms with van der Waals surface area (Å²) in [6, 6.07) is 0. The monoisotopic (exact) mass is 679 g/mol. The fourth-order valence-corrected chi connectivity index (χ4v) is 5.85. The summed E-state index contributed by atoms with van der Waals surface area (Å²) < 4.78 is 16.6. The Kier molecular flexibility index (Phi) is 36.5. The Bertz CT molecular complexity index is 748. The largest absolute Gasteiger partial charge is 0.462 e. The molecule has 0 aliphatic carbocycles. The Morgan fingerprint density at radius 2 is 0.688 bits per heavy atom. The normalized spacial score (nSPS) is 12.0. The first-order chi connectivity index (χ1) is 23.5. The third kappa shape index (κ3) is 35.5. The molecule has 48 heavy (non-hydrogen) atoms. The zero-order valence-electron chi connectivity index (χ0n) is 32.0. The molecular formula is C42H78O6. The molecule has 0 rings (SSSR count). The summed E-state index contributed by atoms with van der Waals surface area (Å²) in [4.78, 5) is 37.4. The van der Waals surface area contributed by atoms with E-state index in [0.29, 0.717) is 19.3 Å². The molecule has 0 amide bonds. The van der Waals surface area contributed by atoms with Crippen LogP contribution in [-0.2, 0) is 28.6 Å². The van der Waals surface area contributed by atoms with Gasteiger partial charge in [-0.3, -0.25) is 14.4 Å². The van der Waals surface area contributed by atoms with Crippen molar-refractivity contribution < 1.29 is 28.6 Å². The summed E-state index contributed by atoms with van der Waals surface area (Å²) in [6.07, 6.45) is 37.7. The van der Waals surface area contributed by atoms with Crippen LogP contribution in [0.5, 0.6) is 0 Å². The van der Waals surface area contributed by atoms with Crippen molar-refractivity contribution in [1.29, 1.82) is 0 Å². The lowest BCUT2D eigenvalue weighted by Crippen LogP contribution is -2.30. The predicted octanol–water partition coefficient (Wildman–Crippen LogP) is 12.7. The third-order valence-corrected chi connectivity index (χ3v) is 9.02. The Morgan fingerprint density at radius 3 is 1.08 bits per heavy atom. The molecule has 0 spiro atoms. The maximum atomic E-state index is 12.6. The lowest BCUT2D eigenvalue weighted by molar-refractivity contribution is -0.167. The van der Waals surface area contributed by atoms with Gasteiger partial charge in [-0.05, 0) is 44.9 Å². The minimum Gasteiger partial charge on any atom is -0.462 e. The van der Waals surface area contributed by atoms with E-state index >= 15 is 0 Å². The van der Waals surface area contributed by atoms with E-state index in [2.05, 4.69) is 32.9 Å². The highest BCUT2D eigenvalue weighted by atomic mass is 16.6. The molecule has 0 bridgehead atoms. The number of rotatable bonds is 37. The van der Waals surface area contributed by atoms with Crippen molar-refractivity contribution in [3.63, 3.8) is 0 Å². The van der Waals surface area contributed by atoms with Gasteiger partial charge in [0, 0.05) is 19.3 Å². The van der Waals surface area contributed by atoms with E-state index in [9.17, 15) is 14.4 Å². The summed E-state index contributed by atoms with van der Waals surface area (Å²) in [7, 11) is 0. The average molecular weight is 679 g/mol. The van der Waals surface area contributed by atoms with Crippen molar-refractivity contribution in [2.45, 2.75) is 226 Å². The van der Waals surface area contributed by atoms with Gasteiger partial charge in [0.2, 0.25) is 0 Å². The minimum absolute atomic E-state index is 0.0695. The van der Waals surface area contributed by atoms with Gasteiger partial charge in [0.25, 0.3) is 0 Å². The first-order valence-electron chi connectivity index (χ1n) is 20.7. The second-order valence-corrected chi connectivity index (χ2v) is 13.9. The second kappa shape index (κ2) is 38.0. The second-order valence-electron chi connectivity index (χ2n) is 13.9. The van der Waals surface area contributed by atoms with E-state index in [-0.39, 0.29) is 31.1 Å². The van der Waals surface area contributed by atoms with E-state index in [1.165, 1.54) is 116 Å². The van der Waals surface area contributed by atoms with Gasteiger partial charge in [-0.15, -0.1) is 0 Å². The van der Waals surface area contributed by atoms with E-state index < -0.39 is 6.10 Å². The van der Waals surface area contributed by atoms with Gasteiger partial charge in [0.05, 0.1) is 0 Å². The van der Waals surface area contributed by atoms with Crippen molar-refractivity contribution in [3.05, 3.63) is 12.2 Å². The predicted molar refractivity (Wildman–Crippen MR) is 201 cm³/mol. The highest BCUT2D eigenvalue weighted by Crippen LogP contribution is 2.14. The number of ether oxygens (including phenoxy) is 3. The standard InChI is InChI=1S/C42H78O6/c1-4-7-10-13-16-19-21-22-24-26-29-32-35-41(44)47-38-39(37-46-40(43)34-31-28-25-18-15-12-9-6-3)48-42(45)36-33-30-27-23-20-17-14-11-8-5-2/h16,19,39H,4-15,17-18,20-38H2,1-3H3/b19-16-. The zero-order valence-corrected chi connectivity index (χ0v) is 32.0. The van der Waals surface area contributed by atoms with Gasteiger partial charge >= 0.3 is 17.9 Å². The number of carbonyl (C=O) groups excluding carboxylic acids is 3. The van der Waals surface area contributed by atoms with Crippen molar-refractivity contribution in [2.75, 3.05) is 13.2 Å². The lowest BCUT2D eigenvalue weighted by atomic mass is 10.1. The number of hydrogen-bond acceptors (Lipinski definition) is 6. The molecule has 0 N–H and O–H groups in total. The molecule has 0 saturated carbocycles. The first kappa shape index (κ1) is 46.1. The van der Waals surface area contributed by atoms with Crippen LogP contribution in [0.25, 0.3) is 0 Å². The van der Waals surface area contributed by atoms with Crippen LogP contribution >= 0.6 is 0 Å². The summed E-state index contributed by atoms with van der Waals surface area (Å²) in [6.45, 7) is 6.55. The molecule has 6 nitrogen and oxygen atoms in total. The lowest BCUT2D eigenvalue weighted by Gasteiger charge is -2.18. The molecule has 6 heteroatoms. The summed E-state index contributed by atoms with van der Waals surface area (Å²) >= 11 is 0. The molecule has 282 valence electrons. The molecule has 0 fully saturated rings. The quantitative estimate of drug-likeness (QED) is 0.0282. The van der Waals surface area contributed by atoms with Crippen LogP contribution in [0.3, 0.4) is 0 Å². The SMILES string of the molecule is CCCCC/C=C\CCCCCCCC(=O)OCC(COC(=O)CCCCCCCCCC)OC(=O)CCCCCCCCCCCC. The Morgan fingerprint density at radius 1 is 0.396 bits per heavy atom. The van der Waals surface area contributed by atoms with Crippen LogP contribution in [0.15, 0.2) is 12.2 Å². The van der Waals surface area contributed by atoms with E-state index in [4.69, 9.17) is 14.2 Å². The maximum Gasteiger partial charge on any atom is 0.306 e. The fraction of sp³-hybridized carbons (Fsp3) is 0.881. The third-order valence-electron chi connectivity index (χ3n) is 9.02. The van der Waals surface area contributed by atoms with E-state index in [1.54, 1.807) is 0 Å². The molecule has 1 unspecified atom stereocenters. The molecule has 0 aliphatic heterocycles. The summed E-state index contributed by atoms with van der Waals surface area (Å²) in [5.41, 5.74) is 0. The summed E-state index contributed by atoms with van der Waals surface area (Å²) in [5.74, 6) is -0.883. The van der Waals surface area contributed by atoms with E-state index in [1.807, 2.05) is 0 Å². The van der Waals surface area contributed by atoms with Gasteiger partial charge in [-0.25, -0.2) is 0 Å². The number of allylic oxidation sites excluding steroid dienone is 2. The van der Waals surface area contributed by atoms with Crippen LogP contribution < -0.4 is 0 Å². The topological polar surface area (TPSA) is 78.9 Å². The summed E-state index contributed by atoms with van der Waals surface area (Å²) in [5, 5.41) is 0. The van der Waals surface area contributed by atoms with Gasteiger partial charge in [-0.1, -0.05) is 168 Å². The van der Waals surface area contributed by atoms with Crippen LogP contribution in [0.4, 0.5) is 0 Å². The molecule has 0 aromatic heterocycles. The van der Waals surface area contributed by atoms with Gasteiger partial charge in [-0.2, -0.15) is 0 Å². The number of unbranched alkanes of at least 4 members (excludes halogenated alkanes) is 24. The Hall–Kier alpha value is -1.85. The Balaban J connectivity index is 4.34. The highest BCUT2D eigenvalue weighted by molar-refractivity contribution is 5.71. The number of esters is 3. The molecular weight excluding hydrogens is 600 g/mol. The fourth-order valence-electron chi connectivity index (χ4n) is 5.85. The number of carbonyl (C=O) groups is 3. The maximum absolute atomic E-state index is 12.6.